The molecule has 2 aromatic rings. The first-order chi connectivity index (χ1) is 9.82. The number of aliphatic imine (C=N–C) groups is 1. The van der Waals surface area contributed by atoms with Gasteiger partial charge in [0.1, 0.15) is 22.9 Å². The highest BCUT2D eigenvalue weighted by Gasteiger charge is 2.37. The Morgan fingerprint density at radius 3 is 2.81 bits per heavy atom. The second kappa shape index (κ2) is 4.62. The molecule has 0 aliphatic carbocycles. The molecule has 1 atom stereocenters. The molecule has 1 aliphatic heterocycles. The fourth-order valence-corrected chi connectivity index (χ4v) is 2.98. The van der Waals surface area contributed by atoms with Crippen LogP contribution in [-0.4, -0.2) is 15.6 Å². The summed E-state index contributed by atoms with van der Waals surface area (Å²) in [5.74, 6) is -0.834. The monoisotopic (exact) mass is 354 g/mol. The number of halogens is 3. The van der Waals surface area contributed by atoms with Gasteiger partial charge in [-0.05, 0) is 32.0 Å². The average molecular weight is 355 g/mol. The van der Waals surface area contributed by atoms with Crippen LogP contribution in [0.4, 0.5) is 8.78 Å². The van der Waals surface area contributed by atoms with E-state index in [0.29, 0.717) is 5.56 Å². The number of aromatic nitrogens is 2. The van der Waals surface area contributed by atoms with Gasteiger partial charge in [0.25, 0.3) is 0 Å². The molecule has 1 aliphatic rings. The lowest BCUT2D eigenvalue weighted by molar-refractivity contribution is 0.361. The van der Waals surface area contributed by atoms with Crippen molar-refractivity contribution in [3.8, 4) is 0 Å². The van der Waals surface area contributed by atoms with Crippen molar-refractivity contribution < 1.29 is 8.78 Å². The van der Waals surface area contributed by atoms with Crippen LogP contribution in [0, 0.1) is 18.6 Å². The van der Waals surface area contributed by atoms with Gasteiger partial charge in [0.05, 0.1) is 12.2 Å². The average Bonchev–Trinajstić information content (AvgIpc) is 2.67. The Bertz CT molecular complexity index is 769. The minimum absolute atomic E-state index is 0.0289. The Morgan fingerprint density at radius 1 is 1.38 bits per heavy atom. The van der Waals surface area contributed by atoms with Gasteiger partial charge < -0.3 is 5.73 Å². The number of aryl methyl sites for hydroxylation is 1. The standard InChI is InChI=1S/C14H13BrF2N4/c1-7-11(17)12-13(18)19-14(2,6-21(12)20-7)9-5-8(15)3-4-10(9)16/h3-5H,6H2,1-2H3,(H2,18,19)/t14-/m0/s1. The van der Waals surface area contributed by atoms with Crippen LogP contribution in [0.3, 0.4) is 0 Å². The van der Waals surface area contributed by atoms with Gasteiger partial charge in [-0.2, -0.15) is 5.10 Å². The minimum Gasteiger partial charge on any atom is -0.382 e. The van der Waals surface area contributed by atoms with Crippen molar-refractivity contribution >= 4 is 21.8 Å². The third kappa shape index (κ3) is 2.16. The molecule has 0 fully saturated rings. The van der Waals surface area contributed by atoms with Crippen LogP contribution in [0.1, 0.15) is 23.9 Å². The van der Waals surface area contributed by atoms with E-state index in [9.17, 15) is 8.78 Å². The third-order valence-corrected chi connectivity index (χ3v) is 4.12. The van der Waals surface area contributed by atoms with E-state index < -0.39 is 11.4 Å². The van der Waals surface area contributed by atoms with Crippen LogP contribution in [0.15, 0.2) is 27.7 Å². The molecular formula is C14H13BrF2N4. The summed E-state index contributed by atoms with van der Waals surface area (Å²) < 4.78 is 30.3. The van der Waals surface area contributed by atoms with Gasteiger partial charge in [-0.3, -0.25) is 9.67 Å². The van der Waals surface area contributed by atoms with Crippen molar-refractivity contribution in [3.63, 3.8) is 0 Å². The third-order valence-electron chi connectivity index (χ3n) is 3.63. The van der Waals surface area contributed by atoms with E-state index >= 15 is 0 Å². The van der Waals surface area contributed by atoms with Crippen molar-refractivity contribution in [2.24, 2.45) is 10.7 Å². The Balaban J connectivity index is 2.17. The smallest absolute Gasteiger partial charge is 0.175 e. The lowest BCUT2D eigenvalue weighted by Crippen LogP contribution is -2.38. The van der Waals surface area contributed by atoms with Crippen molar-refractivity contribution in [1.29, 1.82) is 0 Å². The molecular weight excluding hydrogens is 342 g/mol. The number of fused-ring (bicyclic) bond motifs is 1. The second-order valence-electron chi connectivity index (χ2n) is 5.30. The van der Waals surface area contributed by atoms with Crippen LogP contribution in [0.25, 0.3) is 0 Å². The zero-order chi connectivity index (χ0) is 15.4. The maximum Gasteiger partial charge on any atom is 0.175 e. The van der Waals surface area contributed by atoms with Crippen molar-refractivity contribution in [3.05, 3.63) is 51.3 Å². The number of nitrogens with zero attached hydrogens (tertiary/aromatic N) is 3. The summed E-state index contributed by atoms with van der Waals surface area (Å²) >= 11 is 3.32. The molecule has 110 valence electrons. The van der Waals surface area contributed by atoms with Gasteiger partial charge in [0.2, 0.25) is 0 Å². The number of hydrogen-bond acceptors (Lipinski definition) is 3. The Morgan fingerprint density at radius 2 is 2.10 bits per heavy atom. The first kappa shape index (κ1) is 14.2. The lowest BCUT2D eigenvalue weighted by Gasteiger charge is -2.31. The van der Waals surface area contributed by atoms with Gasteiger partial charge in [0.15, 0.2) is 5.82 Å². The predicted octanol–water partition coefficient (Wildman–Crippen LogP) is 2.87. The first-order valence-electron chi connectivity index (χ1n) is 6.36. The van der Waals surface area contributed by atoms with E-state index in [-0.39, 0.29) is 29.6 Å². The molecule has 0 saturated carbocycles. The minimum atomic E-state index is -0.935. The zero-order valence-electron chi connectivity index (χ0n) is 11.5. The lowest BCUT2D eigenvalue weighted by atomic mass is 9.91. The maximum absolute atomic E-state index is 14.2. The molecule has 0 spiro atoms. The highest BCUT2D eigenvalue weighted by molar-refractivity contribution is 9.10. The van der Waals surface area contributed by atoms with Gasteiger partial charge >= 0.3 is 0 Å². The highest BCUT2D eigenvalue weighted by Crippen LogP contribution is 2.35. The van der Waals surface area contributed by atoms with Crippen LogP contribution < -0.4 is 5.73 Å². The van der Waals surface area contributed by atoms with Gasteiger partial charge in [-0.15, -0.1) is 0 Å². The van der Waals surface area contributed by atoms with E-state index in [1.807, 2.05) is 0 Å². The zero-order valence-corrected chi connectivity index (χ0v) is 13.1. The molecule has 3 rings (SSSR count). The van der Waals surface area contributed by atoms with Crippen molar-refractivity contribution in [2.75, 3.05) is 0 Å². The first-order valence-corrected chi connectivity index (χ1v) is 7.15. The molecule has 1 aromatic carbocycles. The summed E-state index contributed by atoms with van der Waals surface area (Å²) in [6, 6.07) is 4.63. The van der Waals surface area contributed by atoms with E-state index in [2.05, 4.69) is 26.0 Å². The maximum atomic E-state index is 14.2. The van der Waals surface area contributed by atoms with Gasteiger partial charge in [0, 0.05) is 10.0 Å². The van der Waals surface area contributed by atoms with Crippen molar-refractivity contribution in [2.45, 2.75) is 25.9 Å². The molecule has 4 nitrogen and oxygen atoms in total. The van der Waals surface area contributed by atoms with E-state index in [1.54, 1.807) is 26.0 Å². The van der Waals surface area contributed by atoms with Gasteiger partial charge in [-0.1, -0.05) is 15.9 Å². The Kier molecular flexibility index (Phi) is 3.12. The topological polar surface area (TPSA) is 56.2 Å². The highest BCUT2D eigenvalue weighted by atomic mass is 79.9. The number of benzene rings is 1. The number of rotatable bonds is 1. The summed E-state index contributed by atoms with van der Waals surface area (Å²) in [5.41, 5.74) is 5.75. The van der Waals surface area contributed by atoms with E-state index in [4.69, 9.17) is 5.73 Å². The Labute approximate surface area is 128 Å². The van der Waals surface area contributed by atoms with E-state index in [0.717, 1.165) is 4.47 Å². The summed E-state index contributed by atoms with van der Waals surface area (Å²) in [5, 5.41) is 4.12. The molecule has 1 aromatic heterocycles. The Hall–Kier alpha value is -1.76. The molecule has 2 heterocycles. The second-order valence-corrected chi connectivity index (χ2v) is 6.22. The summed E-state index contributed by atoms with van der Waals surface area (Å²) in [6.07, 6.45) is 0. The summed E-state index contributed by atoms with van der Waals surface area (Å²) in [7, 11) is 0. The van der Waals surface area contributed by atoms with Crippen LogP contribution >= 0.6 is 15.9 Å². The van der Waals surface area contributed by atoms with Crippen molar-refractivity contribution in [1.82, 2.24) is 9.78 Å². The van der Waals surface area contributed by atoms with Crippen LogP contribution in [0.2, 0.25) is 0 Å². The number of amidine groups is 1. The van der Waals surface area contributed by atoms with Gasteiger partial charge in [-0.25, -0.2) is 8.78 Å². The molecule has 0 saturated heterocycles. The van der Waals surface area contributed by atoms with Crippen LogP contribution in [-0.2, 0) is 12.1 Å². The normalized spacial score (nSPS) is 21.1. The fourth-order valence-electron chi connectivity index (χ4n) is 2.62. The summed E-state index contributed by atoms with van der Waals surface area (Å²) in [4.78, 5) is 4.33. The largest absolute Gasteiger partial charge is 0.382 e. The predicted molar refractivity (Wildman–Crippen MR) is 79.1 cm³/mol. The van der Waals surface area contributed by atoms with Crippen LogP contribution in [0.5, 0.6) is 0 Å². The van der Waals surface area contributed by atoms with E-state index in [1.165, 1.54) is 10.7 Å². The molecule has 2 N–H and O–H groups in total. The molecule has 0 unspecified atom stereocenters. The number of hydrogen-bond donors (Lipinski definition) is 1. The molecule has 0 amide bonds. The molecule has 0 radical (unpaired) electrons. The number of nitrogens with two attached hydrogens (primary N) is 1. The quantitative estimate of drug-likeness (QED) is 0.855. The SMILES string of the molecule is Cc1nn2c(c1F)C(N)=N[C@](C)(c1cc(Br)ccc1F)C2. The molecule has 0 bridgehead atoms. The summed E-state index contributed by atoms with van der Waals surface area (Å²) in [6.45, 7) is 3.54. The molecule has 7 heteroatoms. The molecule has 21 heavy (non-hydrogen) atoms. The fraction of sp³-hybridized carbons (Fsp3) is 0.286.